The molecule has 0 aliphatic carbocycles. The first-order valence-corrected chi connectivity index (χ1v) is 7.35. The molecule has 1 unspecified atom stereocenters. The number of likely N-dealkylation sites (tertiary alicyclic amines) is 1. The topological polar surface area (TPSA) is 61.4 Å². The molecule has 110 valence electrons. The van der Waals surface area contributed by atoms with E-state index in [0.29, 0.717) is 19.5 Å². The number of hydrogen-bond donors (Lipinski definition) is 2. The first kappa shape index (κ1) is 16.0. The molecule has 1 fully saturated rings. The van der Waals surface area contributed by atoms with Crippen molar-refractivity contribution in [1.29, 1.82) is 0 Å². The fraction of sp³-hybridized carbons (Fsp3) is 0.857. The molecule has 0 aromatic rings. The van der Waals surface area contributed by atoms with E-state index in [1.54, 1.807) is 4.90 Å². The highest BCUT2D eigenvalue weighted by atomic mass is 16.2. The minimum absolute atomic E-state index is 0.0245. The summed E-state index contributed by atoms with van der Waals surface area (Å²) < 4.78 is 0. The molecular weight excluding hydrogens is 242 g/mol. The predicted molar refractivity (Wildman–Crippen MR) is 75.7 cm³/mol. The molecule has 1 aliphatic rings. The minimum atomic E-state index is -0.318. The molecule has 0 spiro atoms. The van der Waals surface area contributed by atoms with Gasteiger partial charge in [-0.05, 0) is 25.3 Å². The molecule has 0 aromatic carbocycles. The van der Waals surface area contributed by atoms with Gasteiger partial charge in [-0.2, -0.15) is 0 Å². The fourth-order valence-electron chi connectivity index (χ4n) is 2.45. The maximum absolute atomic E-state index is 12.2. The molecule has 1 saturated heterocycles. The number of nitrogens with one attached hydrogen (secondary N) is 2. The van der Waals surface area contributed by atoms with E-state index < -0.39 is 0 Å². The third-order valence-electron chi connectivity index (χ3n) is 3.37. The zero-order valence-corrected chi connectivity index (χ0v) is 12.4. The molecule has 2 amide bonds. The number of carbonyl (C=O) groups excluding carboxylic acids is 2. The summed E-state index contributed by atoms with van der Waals surface area (Å²) >= 11 is 0. The standard InChI is InChI=1S/C14H27N3O2/c1-4-7-15-8-9-16-14(19)13(11(2)3)17-10-5-6-12(17)18/h11,13,15H,4-10H2,1-3H3,(H,16,19). The largest absolute Gasteiger partial charge is 0.353 e. The molecule has 0 aromatic heterocycles. The van der Waals surface area contributed by atoms with Crippen molar-refractivity contribution in [2.24, 2.45) is 5.92 Å². The van der Waals surface area contributed by atoms with Crippen LogP contribution in [0.2, 0.25) is 0 Å². The number of rotatable bonds is 8. The molecule has 5 heteroatoms. The van der Waals surface area contributed by atoms with E-state index in [1.807, 2.05) is 13.8 Å². The lowest BCUT2D eigenvalue weighted by Crippen LogP contribution is -2.51. The van der Waals surface area contributed by atoms with Crippen LogP contribution in [0.3, 0.4) is 0 Å². The lowest BCUT2D eigenvalue weighted by atomic mass is 10.0. The van der Waals surface area contributed by atoms with Gasteiger partial charge in [0.1, 0.15) is 6.04 Å². The van der Waals surface area contributed by atoms with Crippen LogP contribution in [0, 0.1) is 5.92 Å². The third-order valence-corrected chi connectivity index (χ3v) is 3.37. The van der Waals surface area contributed by atoms with E-state index in [9.17, 15) is 9.59 Å². The van der Waals surface area contributed by atoms with Crippen molar-refractivity contribution in [3.05, 3.63) is 0 Å². The fourth-order valence-corrected chi connectivity index (χ4v) is 2.45. The summed E-state index contributed by atoms with van der Waals surface area (Å²) in [4.78, 5) is 25.7. The Morgan fingerprint density at radius 2 is 2.05 bits per heavy atom. The van der Waals surface area contributed by atoms with Crippen molar-refractivity contribution in [1.82, 2.24) is 15.5 Å². The zero-order valence-electron chi connectivity index (χ0n) is 12.4. The second-order valence-corrected chi connectivity index (χ2v) is 5.42. The zero-order chi connectivity index (χ0) is 14.3. The van der Waals surface area contributed by atoms with Gasteiger partial charge in [0, 0.05) is 26.1 Å². The molecule has 19 heavy (non-hydrogen) atoms. The van der Waals surface area contributed by atoms with E-state index in [-0.39, 0.29) is 23.8 Å². The van der Waals surface area contributed by atoms with Crippen molar-refractivity contribution in [3.8, 4) is 0 Å². The molecule has 0 radical (unpaired) electrons. The predicted octanol–water partition coefficient (Wildman–Crippen LogP) is 0.749. The van der Waals surface area contributed by atoms with Crippen LogP contribution in [0.25, 0.3) is 0 Å². The number of hydrogen-bond acceptors (Lipinski definition) is 3. The molecule has 2 N–H and O–H groups in total. The van der Waals surface area contributed by atoms with Crippen LogP contribution in [-0.2, 0) is 9.59 Å². The van der Waals surface area contributed by atoms with Crippen LogP contribution in [0.5, 0.6) is 0 Å². The van der Waals surface area contributed by atoms with Crippen LogP contribution >= 0.6 is 0 Å². The Hall–Kier alpha value is -1.10. The van der Waals surface area contributed by atoms with Gasteiger partial charge in [-0.15, -0.1) is 0 Å². The van der Waals surface area contributed by atoms with Crippen LogP contribution in [0.1, 0.15) is 40.0 Å². The Morgan fingerprint density at radius 3 is 2.58 bits per heavy atom. The average Bonchev–Trinajstić information content (AvgIpc) is 2.75. The van der Waals surface area contributed by atoms with Gasteiger partial charge in [0.05, 0.1) is 0 Å². The summed E-state index contributed by atoms with van der Waals surface area (Å²) in [5, 5.41) is 6.17. The maximum Gasteiger partial charge on any atom is 0.243 e. The van der Waals surface area contributed by atoms with Gasteiger partial charge in [0.2, 0.25) is 11.8 Å². The second-order valence-electron chi connectivity index (χ2n) is 5.42. The lowest BCUT2D eigenvalue weighted by molar-refractivity contribution is -0.139. The summed E-state index contributed by atoms with van der Waals surface area (Å²) in [6.45, 7) is 9.16. The molecule has 0 bridgehead atoms. The summed E-state index contributed by atoms with van der Waals surface area (Å²) in [6, 6.07) is -0.318. The molecule has 1 atom stereocenters. The molecular formula is C14H27N3O2. The Balaban J connectivity index is 2.43. The monoisotopic (exact) mass is 269 g/mol. The summed E-state index contributed by atoms with van der Waals surface area (Å²) in [7, 11) is 0. The van der Waals surface area contributed by atoms with Gasteiger partial charge < -0.3 is 15.5 Å². The molecule has 5 nitrogen and oxygen atoms in total. The van der Waals surface area contributed by atoms with Crippen LogP contribution in [0.15, 0.2) is 0 Å². The smallest absolute Gasteiger partial charge is 0.243 e. The summed E-state index contributed by atoms with van der Waals surface area (Å²) in [6.07, 6.45) is 2.53. The molecule has 1 heterocycles. The van der Waals surface area contributed by atoms with E-state index in [4.69, 9.17) is 0 Å². The molecule has 1 rings (SSSR count). The van der Waals surface area contributed by atoms with E-state index in [2.05, 4.69) is 17.6 Å². The van der Waals surface area contributed by atoms with Crippen molar-refractivity contribution in [3.63, 3.8) is 0 Å². The van der Waals surface area contributed by atoms with Gasteiger partial charge in [-0.3, -0.25) is 9.59 Å². The van der Waals surface area contributed by atoms with E-state index in [1.165, 1.54) is 0 Å². The van der Waals surface area contributed by atoms with Gasteiger partial charge in [-0.25, -0.2) is 0 Å². The summed E-state index contributed by atoms with van der Waals surface area (Å²) in [5.74, 6) is 0.229. The van der Waals surface area contributed by atoms with Gasteiger partial charge in [0.25, 0.3) is 0 Å². The number of nitrogens with zero attached hydrogens (tertiary/aromatic N) is 1. The van der Waals surface area contributed by atoms with Crippen molar-refractivity contribution < 1.29 is 9.59 Å². The summed E-state index contributed by atoms with van der Waals surface area (Å²) in [5.41, 5.74) is 0. The first-order valence-electron chi connectivity index (χ1n) is 7.35. The highest BCUT2D eigenvalue weighted by Crippen LogP contribution is 2.19. The van der Waals surface area contributed by atoms with Gasteiger partial charge >= 0.3 is 0 Å². The Bertz CT molecular complexity index is 305. The van der Waals surface area contributed by atoms with Crippen molar-refractivity contribution in [2.75, 3.05) is 26.2 Å². The SMILES string of the molecule is CCCNCCNC(=O)C(C(C)C)N1CCCC1=O. The van der Waals surface area contributed by atoms with Gasteiger partial charge in [-0.1, -0.05) is 20.8 Å². The van der Waals surface area contributed by atoms with Gasteiger partial charge in [0.15, 0.2) is 0 Å². The first-order chi connectivity index (χ1) is 9.07. The second kappa shape index (κ2) is 8.15. The quantitative estimate of drug-likeness (QED) is 0.639. The number of carbonyl (C=O) groups is 2. The Morgan fingerprint density at radius 1 is 1.32 bits per heavy atom. The normalized spacial score (nSPS) is 17.1. The van der Waals surface area contributed by atoms with Crippen LogP contribution < -0.4 is 10.6 Å². The molecule has 0 saturated carbocycles. The lowest BCUT2D eigenvalue weighted by Gasteiger charge is -2.29. The highest BCUT2D eigenvalue weighted by Gasteiger charge is 2.34. The van der Waals surface area contributed by atoms with Crippen molar-refractivity contribution >= 4 is 11.8 Å². The van der Waals surface area contributed by atoms with E-state index in [0.717, 1.165) is 25.9 Å². The number of amides is 2. The minimum Gasteiger partial charge on any atom is -0.353 e. The third kappa shape index (κ3) is 4.82. The van der Waals surface area contributed by atoms with Crippen LogP contribution in [-0.4, -0.2) is 48.9 Å². The van der Waals surface area contributed by atoms with Crippen molar-refractivity contribution in [2.45, 2.75) is 46.1 Å². The highest BCUT2D eigenvalue weighted by molar-refractivity contribution is 5.88. The van der Waals surface area contributed by atoms with E-state index >= 15 is 0 Å². The van der Waals surface area contributed by atoms with Crippen LogP contribution in [0.4, 0.5) is 0 Å². The maximum atomic E-state index is 12.2. The Labute approximate surface area is 116 Å². The molecule has 1 aliphatic heterocycles. The average molecular weight is 269 g/mol. The Kier molecular flexibility index (Phi) is 6.84.